The average molecular weight is 431 g/mol. The fourth-order valence-electron chi connectivity index (χ4n) is 3.36. The molecule has 0 unspecified atom stereocenters. The van der Waals surface area contributed by atoms with Crippen molar-refractivity contribution < 1.29 is 13.6 Å². The van der Waals surface area contributed by atoms with Crippen LogP contribution in [-0.4, -0.2) is 35.0 Å². The van der Waals surface area contributed by atoms with Crippen LogP contribution in [0.5, 0.6) is 0 Å². The number of carbonyl (C=O) groups excluding carboxylic acids is 1. The monoisotopic (exact) mass is 430 g/mol. The van der Waals surface area contributed by atoms with Crippen LogP contribution in [0.25, 0.3) is 10.9 Å². The van der Waals surface area contributed by atoms with Gasteiger partial charge in [-0.05, 0) is 24.3 Å². The van der Waals surface area contributed by atoms with E-state index >= 15 is 0 Å². The third-order valence-electron chi connectivity index (χ3n) is 4.93. The first kappa shape index (κ1) is 19.9. The highest BCUT2D eigenvalue weighted by atomic mass is 35.5. The molecule has 1 aliphatic heterocycles. The maximum atomic E-state index is 13.3. The molecule has 0 atom stereocenters. The van der Waals surface area contributed by atoms with Crippen LogP contribution in [0.1, 0.15) is 18.4 Å². The van der Waals surface area contributed by atoms with Gasteiger partial charge in [0.2, 0.25) is 0 Å². The van der Waals surface area contributed by atoms with E-state index in [4.69, 9.17) is 16.9 Å². The molecular formula is C20H17ClF2N6O. The van der Waals surface area contributed by atoms with Crippen LogP contribution in [0.3, 0.4) is 0 Å². The van der Waals surface area contributed by atoms with Gasteiger partial charge in [0.1, 0.15) is 5.82 Å². The van der Waals surface area contributed by atoms with Gasteiger partial charge in [0.05, 0.1) is 34.2 Å². The molecule has 1 aliphatic rings. The van der Waals surface area contributed by atoms with Crippen molar-refractivity contribution in [2.45, 2.75) is 18.8 Å². The van der Waals surface area contributed by atoms with Crippen molar-refractivity contribution in [1.82, 2.24) is 9.97 Å². The molecule has 0 spiro atoms. The van der Waals surface area contributed by atoms with Crippen molar-refractivity contribution in [2.75, 3.05) is 28.6 Å². The Kier molecular flexibility index (Phi) is 5.18. The number of H-pyrrole nitrogens is 1. The van der Waals surface area contributed by atoms with Crippen molar-refractivity contribution in [1.29, 1.82) is 5.26 Å². The second-order valence-corrected chi connectivity index (χ2v) is 7.43. The topological polar surface area (TPSA) is 96.8 Å². The van der Waals surface area contributed by atoms with Crippen molar-refractivity contribution >= 4 is 45.7 Å². The number of piperidine rings is 1. The Labute approximate surface area is 175 Å². The molecule has 1 aromatic carbocycles. The van der Waals surface area contributed by atoms with Crippen LogP contribution in [0.4, 0.5) is 30.8 Å². The SMILES string of the molecule is N#Cc1ccc2[nH]cc(NC(=O)Nc3cnc(N4CCC(F)(F)CC4)c(Cl)c3)c2c1. The van der Waals surface area contributed by atoms with Crippen molar-refractivity contribution in [3.63, 3.8) is 0 Å². The number of alkyl halides is 2. The summed E-state index contributed by atoms with van der Waals surface area (Å²) in [4.78, 5) is 21.4. The molecular weight excluding hydrogens is 414 g/mol. The lowest BCUT2D eigenvalue weighted by molar-refractivity contribution is -0.0221. The van der Waals surface area contributed by atoms with E-state index in [0.717, 1.165) is 5.52 Å². The van der Waals surface area contributed by atoms with Gasteiger partial charge >= 0.3 is 6.03 Å². The summed E-state index contributed by atoms with van der Waals surface area (Å²) in [6.07, 6.45) is 2.57. The van der Waals surface area contributed by atoms with Gasteiger partial charge in [-0.1, -0.05) is 11.6 Å². The fourth-order valence-corrected chi connectivity index (χ4v) is 3.64. The van der Waals surface area contributed by atoms with Gasteiger partial charge in [-0.3, -0.25) is 0 Å². The molecule has 3 N–H and O–H groups in total. The summed E-state index contributed by atoms with van der Waals surface area (Å²) in [5.41, 5.74) is 2.14. The summed E-state index contributed by atoms with van der Waals surface area (Å²) in [6, 6.07) is 8.20. The first-order chi connectivity index (χ1) is 14.3. The van der Waals surface area contributed by atoms with Crippen LogP contribution >= 0.6 is 11.6 Å². The summed E-state index contributed by atoms with van der Waals surface area (Å²) >= 11 is 6.27. The van der Waals surface area contributed by atoms with Gasteiger partial charge in [0.25, 0.3) is 5.92 Å². The molecule has 30 heavy (non-hydrogen) atoms. The van der Waals surface area contributed by atoms with Gasteiger partial charge in [-0.25, -0.2) is 18.6 Å². The standard InChI is InChI=1S/C20H17ClF2N6O/c21-15-8-13(10-26-18(15)29-5-3-20(22,23)4-6-29)27-19(30)28-17-11-25-16-2-1-12(9-24)7-14(16)17/h1-2,7-8,10-11,25H,3-6H2,(H2,27,28,30). The third-order valence-corrected chi connectivity index (χ3v) is 5.21. The Hall–Kier alpha value is -3.38. The lowest BCUT2D eigenvalue weighted by Crippen LogP contribution is -2.39. The number of benzene rings is 1. The Bertz CT molecular complexity index is 1150. The molecule has 0 aliphatic carbocycles. The zero-order valence-electron chi connectivity index (χ0n) is 15.7. The second-order valence-electron chi connectivity index (χ2n) is 7.03. The van der Waals surface area contributed by atoms with Crippen LogP contribution < -0.4 is 15.5 Å². The first-order valence-electron chi connectivity index (χ1n) is 9.22. The Morgan fingerprint density at radius 2 is 2.03 bits per heavy atom. The van der Waals surface area contributed by atoms with Crippen molar-refractivity contribution in [3.05, 3.63) is 47.2 Å². The lowest BCUT2D eigenvalue weighted by atomic mass is 10.1. The maximum absolute atomic E-state index is 13.3. The highest BCUT2D eigenvalue weighted by Crippen LogP contribution is 2.33. The van der Waals surface area contributed by atoms with Crippen LogP contribution in [0, 0.1) is 11.3 Å². The van der Waals surface area contributed by atoms with Gasteiger partial charge in [-0.15, -0.1) is 0 Å². The molecule has 2 amide bonds. The number of aromatic amines is 1. The number of fused-ring (bicyclic) bond motifs is 1. The fraction of sp³-hybridized carbons (Fsp3) is 0.250. The number of nitrogens with zero attached hydrogens (tertiary/aromatic N) is 3. The predicted octanol–water partition coefficient (Wildman–Crippen LogP) is 4.97. The number of hydrogen-bond donors (Lipinski definition) is 3. The molecule has 0 bridgehead atoms. The smallest absolute Gasteiger partial charge is 0.323 e. The molecule has 1 fully saturated rings. The van der Waals surface area contributed by atoms with E-state index in [1.807, 2.05) is 0 Å². The van der Waals surface area contributed by atoms with Gasteiger partial charge in [0.15, 0.2) is 0 Å². The number of aromatic nitrogens is 2. The zero-order valence-corrected chi connectivity index (χ0v) is 16.4. The normalized spacial score (nSPS) is 15.6. The Morgan fingerprint density at radius 1 is 1.27 bits per heavy atom. The molecule has 1 saturated heterocycles. The minimum Gasteiger partial charge on any atom is -0.359 e. The van der Waals surface area contributed by atoms with Gasteiger partial charge in [0, 0.05) is 43.0 Å². The molecule has 2 aromatic heterocycles. The number of pyridine rings is 1. The van der Waals surface area contributed by atoms with E-state index in [2.05, 4.69) is 26.7 Å². The molecule has 0 radical (unpaired) electrons. The number of nitriles is 1. The minimum atomic E-state index is -2.65. The average Bonchev–Trinajstić information content (AvgIpc) is 3.10. The number of nitrogens with one attached hydrogen (secondary N) is 3. The number of carbonyl (C=O) groups is 1. The van der Waals surface area contributed by atoms with E-state index in [-0.39, 0.29) is 31.0 Å². The first-order valence-corrected chi connectivity index (χ1v) is 9.60. The van der Waals surface area contributed by atoms with E-state index in [1.54, 1.807) is 29.3 Å². The van der Waals surface area contributed by atoms with Crippen LogP contribution in [0.2, 0.25) is 5.02 Å². The molecule has 154 valence electrons. The maximum Gasteiger partial charge on any atom is 0.323 e. The minimum absolute atomic E-state index is 0.165. The predicted molar refractivity (Wildman–Crippen MR) is 111 cm³/mol. The number of urea groups is 1. The number of halogens is 3. The van der Waals surface area contributed by atoms with E-state index < -0.39 is 12.0 Å². The summed E-state index contributed by atoms with van der Waals surface area (Å²) in [7, 11) is 0. The number of hydrogen-bond acceptors (Lipinski definition) is 4. The zero-order chi connectivity index (χ0) is 21.3. The van der Waals surface area contributed by atoms with E-state index in [9.17, 15) is 13.6 Å². The van der Waals surface area contributed by atoms with E-state index in [0.29, 0.717) is 28.1 Å². The third kappa shape index (κ3) is 4.14. The number of anilines is 3. The highest BCUT2D eigenvalue weighted by molar-refractivity contribution is 6.33. The second kappa shape index (κ2) is 7.80. The van der Waals surface area contributed by atoms with Gasteiger partial charge in [-0.2, -0.15) is 5.26 Å². The highest BCUT2D eigenvalue weighted by Gasteiger charge is 2.34. The lowest BCUT2D eigenvalue weighted by Gasteiger charge is -2.33. The van der Waals surface area contributed by atoms with Crippen molar-refractivity contribution in [3.8, 4) is 6.07 Å². The molecule has 3 heterocycles. The Morgan fingerprint density at radius 3 is 2.73 bits per heavy atom. The van der Waals surface area contributed by atoms with Crippen molar-refractivity contribution in [2.24, 2.45) is 0 Å². The Balaban J connectivity index is 1.44. The quantitative estimate of drug-likeness (QED) is 0.546. The molecule has 4 rings (SSSR count). The summed E-state index contributed by atoms with van der Waals surface area (Å²) < 4.78 is 26.7. The number of amides is 2. The van der Waals surface area contributed by atoms with Gasteiger partial charge < -0.3 is 20.5 Å². The molecule has 7 nitrogen and oxygen atoms in total. The number of rotatable bonds is 3. The summed E-state index contributed by atoms with van der Waals surface area (Å²) in [5, 5.41) is 15.4. The summed E-state index contributed by atoms with van der Waals surface area (Å²) in [6.45, 7) is 0.330. The molecule has 10 heteroatoms. The van der Waals surface area contributed by atoms with E-state index in [1.165, 1.54) is 12.3 Å². The summed E-state index contributed by atoms with van der Waals surface area (Å²) in [5.74, 6) is -2.24. The molecule has 3 aromatic rings. The van der Waals surface area contributed by atoms with Crippen LogP contribution in [-0.2, 0) is 0 Å². The largest absolute Gasteiger partial charge is 0.359 e. The molecule has 0 saturated carbocycles. The van der Waals surface area contributed by atoms with Crippen LogP contribution in [0.15, 0.2) is 36.7 Å².